The van der Waals surface area contributed by atoms with Crippen molar-refractivity contribution in [1.29, 1.82) is 0 Å². The molecule has 0 unspecified atom stereocenters. The maximum atomic E-state index is 12.6. The van der Waals surface area contributed by atoms with Gasteiger partial charge in [-0.25, -0.2) is 4.79 Å². The van der Waals surface area contributed by atoms with E-state index in [1.54, 1.807) is 24.3 Å². The Kier molecular flexibility index (Phi) is 5.45. The smallest absolute Gasteiger partial charge is 0.337 e. The van der Waals surface area contributed by atoms with Gasteiger partial charge in [-0.05, 0) is 65.4 Å². The van der Waals surface area contributed by atoms with E-state index in [0.717, 1.165) is 16.3 Å². The van der Waals surface area contributed by atoms with Crippen molar-refractivity contribution in [3.63, 3.8) is 0 Å². The second-order valence-electron chi connectivity index (χ2n) is 5.92. The van der Waals surface area contributed by atoms with Crippen LogP contribution in [0.4, 0.5) is 5.69 Å². The molecule has 0 aliphatic carbocycles. The number of anilines is 1. The Bertz CT molecular complexity index is 1160. The number of carbonyl (C=O) groups excluding carboxylic acids is 1. The summed E-state index contributed by atoms with van der Waals surface area (Å²) in [5, 5.41) is 25.7. The average molecular weight is 491 g/mol. The number of hydrogen-bond donors (Lipinski definition) is 3. The number of aromatic nitrogens is 2. The van der Waals surface area contributed by atoms with Gasteiger partial charge in [0.25, 0.3) is 11.5 Å². The first-order valence-corrected chi connectivity index (χ1v) is 9.08. The molecule has 0 atom stereocenters. The van der Waals surface area contributed by atoms with Crippen molar-refractivity contribution in [2.24, 2.45) is 0 Å². The summed E-state index contributed by atoms with van der Waals surface area (Å²) in [6, 6.07) is 12.3. The average Bonchev–Trinajstić information content (AvgIpc) is 2.63. The second kappa shape index (κ2) is 7.80. The van der Waals surface area contributed by atoms with Crippen LogP contribution >= 0.6 is 22.6 Å². The number of rotatable bonds is 4. The fraction of sp³-hybridized carbons (Fsp3) is 0.0526. The minimum Gasteiger partial charge on any atom is -0.505 e. The highest BCUT2D eigenvalue weighted by atomic mass is 127. The number of aromatic hydroxyl groups is 1. The summed E-state index contributed by atoms with van der Waals surface area (Å²) >= 11 is 1.96. The van der Waals surface area contributed by atoms with Crippen molar-refractivity contribution in [3.05, 3.63) is 79.3 Å². The Labute approximate surface area is 172 Å². The molecule has 0 spiro atoms. The number of carbonyl (C=O) groups is 2. The number of carboxylic acid groups (broad SMARTS) is 1. The fourth-order valence-corrected chi connectivity index (χ4v) is 3.03. The summed E-state index contributed by atoms with van der Waals surface area (Å²) in [6.45, 7) is 1.84. The highest BCUT2D eigenvalue weighted by Crippen LogP contribution is 2.21. The van der Waals surface area contributed by atoms with Crippen LogP contribution < -0.4 is 10.9 Å². The first kappa shape index (κ1) is 19.5. The zero-order valence-electron chi connectivity index (χ0n) is 14.5. The van der Waals surface area contributed by atoms with Gasteiger partial charge in [-0.15, -0.1) is 0 Å². The van der Waals surface area contributed by atoms with Crippen molar-refractivity contribution in [2.75, 3.05) is 5.32 Å². The van der Waals surface area contributed by atoms with Gasteiger partial charge in [0.1, 0.15) is 0 Å². The largest absolute Gasteiger partial charge is 0.505 e. The van der Waals surface area contributed by atoms with Crippen LogP contribution in [0, 0.1) is 10.5 Å². The topological polar surface area (TPSA) is 122 Å². The van der Waals surface area contributed by atoms with Crippen LogP contribution in [-0.2, 0) is 0 Å². The molecule has 0 radical (unpaired) electrons. The zero-order valence-corrected chi connectivity index (χ0v) is 16.7. The molecule has 142 valence electrons. The summed E-state index contributed by atoms with van der Waals surface area (Å²) in [6.07, 6.45) is 0. The molecule has 0 bridgehead atoms. The third kappa shape index (κ3) is 4.03. The lowest BCUT2D eigenvalue weighted by molar-refractivity contribution is 0.0698. The van der Waals surface area contributed by atoms with Crippen molar-refractivity contribution in [2.45, 2.75) is 6.92 Å². The highest BCUT2D eigenvalue weighted by molar-refractivity contribution is 14.1. The van der Waals surface area contributed by atoms with E-state index in [-0.39, 0.29) is 11.3 Å². The number of nitrogens with one attached hydrogen (secondary N) is 1. The van der Waals surface area contributed by atoms with Crippen molar-refractivity contribution in [3.8, 4) is 11.4 Å². The number of hydrogen-bond acceptors (Lipinski definition) is 5. The Hall–Kier alpha value is -3.21. The van der Waals surface area contributed by atoms with Gasteiger partial charge in [-0.2, -0.15) is 9.78 Å². The molecule has 28 heavy (non-hydrogen) atoms. The summed E-state index contributed by atoms with van der Waals surface area (Å²) in [7, 11) is 0. The van der Waals surface area contributed by atoms with E-state index in [2.05, 4.69) is 10.4 Å². The normalized spacial score (nSPS) is 10.5. The molecule has 0 saturated carbocycles. The van der Waals surface area contributed by atoms with E-state index in [4.69, 9.17) is 0 Å². The minimum absolute atomic E-state index is 0.0485. The first-order valence-electron chi connectivity index (χ1n) is 8.01. The molecule has 1 heterocycles. The predicted molar refractivity (Wildman–Crippen MR) is 110 cm³/mol. The lowest BCUT2D eigenvalue weighted by atomic mass is 10.1. The Morgan fingerprint density at radius 2 is 1.89 bits per heavy atom. The maximum absolute atomic E-state index is 12.6. The van der Waals surface area contributed by atoms with Crippen LogP contribution in [0.5, 0.6) is 5.75 Å². The lowest BCUT2D eigenvalue weighted by Gasteiger charge is -2.11. The monoisotopic (exact) mass is 491 g/mol. The van der Waals surface area contributed by atoms with Crippen LogP contribution in [0.2, 0.25) is 0 Å². The quantitative estimate of drug-likeness (QED) is 0.483. The van der Waals surface area contributed by atoms with Gasteiger partial charge in [0.05, 0.1) is 16.9 Å². The molecule has 2 aromatic carbocycles. The van der Waals surface area contributed by atoms with Crippen LogP contribution in [-0.4, -0.2) is 31.9 Å². The van der Waals surface area contributed by atoms with Crippen molar-refractivity contribution in [1.82, 2.24) is 9.78 Å². The number of nitrogens with zero attached hydrogens (tertiary/aromatic N) is 2. The summed E-state index contributed by atoms with van der Waals surface area (Å²) in [5.74, 6) is -2.66. The third-order valence-electron chi connectivity index (χ3n) is 3.83. The molecule has 0 aliphatic rings. The van der Waals surface area contributed by atoms with E-state index in [1.807, 2.05) is 35.6 Å². The number of aryl methyl sites for hydroxylation is 1. The van der Waals surface area contributed by atoms with Crippen molar-refractivity contribution >= 4 is 40.2 Å². The Morgan fingerprint density at radius 1 is 1.14 bits per heavy atom. The Balaban J connectivity index is 2.03. The van der Waals surface area contributed by atoms with Gasteiger partial charge < -0.3 is 15.5 Å². The summed E-state index contributed by atoms with van der Waals surface area (Å²) in [5.41, 5.74) is 0.241. The minimum atomic E-state index is -1.21. The van der Waals surface area contributed by atoms with E-state index in [9.17, 15) is 24.6 Å². The Morgan fingerprint density at radius 3 is 2.57 bits per heavy atom. The molecule has 1 aromatic heterocycles. The molecule has 1 amide bonds. The van der Waals surface area contributed by atoms with Gasteiger partial charge in [0.2, 0.25) is 0 Å². The van der Waals surface area contributed by atoms with Gasteiger partial charge >= 0.3 is 5.97 Å². The molecule has 0 saturated heterocycles. The standard InChI is InChI=1S/C19H14IN3O5/c1-10-3-2-4-12(7-10)23-16(25)9-15(24)17(22-23)18(26)21-14-6-5-11(20)8-13(14)19(27)28/h2-9,24H,1H3,(H,21,26)(H,27,28). The maximum Gasteiger partial charge on any atom is 0.337 e. The third-order valence-corrected chi connectivity index (χ3v) is 4.50. The number of benzene rings is 2. The van der Waals surface area contributed by atoms with Gasteiger partial charge in [-0.1, -0.05) is 12.1 Å². The van der Waals surface area contributed by atoms with Crippen LogP contribution in [0.1, 0.15) is 26.4 Å². The van der Waals surface area contributed by atoms with E-state index in [1.165, 1.54) is 12.1 Å². The molecular formula is C19H14IN3O5. The predicted octanol–water partition coefficient (Wildman–Crippen LogP) is 2.80. The number of aromatic carboxylic acids is 1. The fourth-order valence-electron chi connectivity index (χ4n) is 2.54. The second-order valence-corrected chi connectivity index (χ2v) is 7.16. The first-order chi connectivity index (χ1) is 13.3. The summed E-state index contributed by atoms with van der Waals surface area (Å²) in [4.78, 5) is 36.2. The SMILES string of the molecule is Cc1cccc(-n2nc(C(=O)Nc3ccc(I)cc3C(=O)O)c(O)cc2=O)c1. The molecule has 3 rings (SSSR count). The van der Waals surface area contributed by atoms with Gasteiger partial charge in [-0.3, -0.25) is 9.59 Å². The van der Waals surface area contributed by atoms with E-state index < -0.39 is 28.9 Å². The number of halogens is 1. The lowest BCUT2D eigenvalue weighted by Crippen LogP contribution is -2.25. The summed E-state index contributed by atoms with van der Waals surface area (Å²) < 4.78 is 1.68. The molecule has 3 aromatic rings. The van der Waals surface area contributed by atoms with Gasteiger partial charge in [0.15, 0.2) is 11.4 Å². The van der Waals surface area contributed by atoms with E-state index in [0.29, 0.717) is 9.26 Å². The number of carboxylic acids is 1. The van der Waals surface area contributed by atoms with Crippen LogP contribution in [0.3, 0.4) is 0 Å². The molecule has 0 aliphatic heterocycles. The van der Waals surface area contributed by atoms with Crippen molar-refractivity contribution < 1.29 is 19.8 Å². The zero-order chi connectivity index (χ0) is 20.4. The van der Waals surface area contributed by atoms with E-state index >= 15 is 0 Å². The molecule has 8 nitrogen and oxygen atoms in total. The molecule has 3 N–H and O–H groups in total. The van der Waals surface area contributed by atoms with Crippen LogP contribution in [0.15, 0.2) is 53.3 Å². The number of amides is 1. The highest BCUT2D eigenvalue weighted by Gasteiger charge is 2.20. The van der Waals surface area contributed by atoms with Crippen LogP contribution in [0.25, 0.3) is 5.69 Å². The molecule has 9 heteroatoms. The molecular weight excluding hydrogens is 477 g/mol. The molecule has 0 fully saturated rings. The van der Waals surface area contributed by atoms with Gasteiger partial charge in [0, 0.05) is 9.64 Å².